The normalized spacial score (nSPS) is 15.4. The maximum absolute atomic E-state index is 2.48. The Hall–Kier alpha value is -3.90. The molecule has 3 aliphatic carbocycles. The molecule has 0 amide bonds. The van der Waals surface area contributed by atoms with Gasteiger partial charge in [0.2, 0.25) is 0 Å². The summed E-state index contributed by atoms with van der Waals surface area (Å²) in [5, 5.41) is 5.56. The van der Waals surface area contributed by atoms with Crippen LogP contribution in [0, 0.1) is 10.4 Å². The minimum Gasteiger partial charge on any atom is -0.0801 e. The second kappa shape index (κ2) is 7.85. The molecule has 1 fully saturated rings. The molecule has 3 aliphatic rings. The number of hydrogen-bond donors (Lipinski definition) is 0. The van der Waals surface area contributed by atoms with Gasteiger partial charge in [-0.05, 0) is 104 Å². The van der Waals surface area contributed by atoms with Gasteiger partial charge < -0.3 is 0 Å². The Kier molecular flexibility index (Phi) is 4.52. The minimum atomic E-state index is 1.02. The van der Waals surface area contributed by atoms with Gasteiger partial charge in [0.05, 0.1) is 0 Å². The van der Waals surface area contributed by atoms with Crippen LogP contribution in [-0.4, -0.2) is 0 Å². The fourth-order valence-electron chi connectivity index (χ4n) is 5.73. The van der Waals surface area contributed by atoms with Crippen LogP contribution < -0.4 is 10.4 Å². The summed E-state index contributed by atoms with van der Waals surface area (Å²) in [6.45, 7) is 0. The molecule has 0 aromatic heterocycles. The molecule has 4 aromatic rings. The summed E-state index contributed by atoms with van der Waals surface area (Å²) in [4.78, 5) is 0. The first-order chi connectivity index (χ1) is 16.9. The fourth-order valence-corrected chi connectivity index (χ4v) is 5.73. The Bertz CT molecular complexity index is 1710. The van der Waals surface area contributed by atoms with Crippen LogP contribution in [0.1, 0.15) is 36.8 Å². The Morgan fingerprint density at radius 2 is 1.41 bits per heavy atom. The second-order valence-corrected chi connectivity index (χ2v) is 9.60. The third kappa shape index (κ3) is 3.06. The Morgan fingerprint density at radius 3 is 2.09 bits per heavy atom. The number of hydrogen-bond acceptors (Lipinski definition) is 0. The predicted octanol–water partition coefficient (Wildman–Crippen LogP) is 7.13. The molecule has 162 valence electrons. The van der Waals surface area contributed by atoms with Crippen molar-refractivity contribution in [1.82, 2.24) is 0 Å². The van der Waals surface area contributed by atoms with Gasteiger partial charge in [-0.1, -0.05) is 96.6 Å². The molecule has 34 heavy (non-hydrogen) atoms. The van der Waals surface area contributed by atoms with Crippen molar-refractivity contribution < 1.29 is 0 Å². The largest absolute Gasteiger partial charge is 0.0801 e. The molecule has 1 saturated carbocycles. The quantitative estimate of drug-likeness (QED) is 0.283. The van der Waals surface area contributed by atoms with E-state index in [1.54, 1.807) is 5.57 Å². The molecular weight excluding hydrogens is 408 g/mol. The average molecular weight is 435 g/mol. The third-order valence-electron chi connectivity index (χ3n) is 7.61. The van der Waals surface area contributed by atoms with E-state index in [0.29, 0.717) is 0 Å². The van der Waals surface area contributed by atoms with Gasteiger partial charge in [0.1, 0.15) is 0 Å². The topological polar surface area (TPSA) is 0 Å². The van der Waals surface area contributed by atoms with E-state index in [-0.39, 0.29) is 0 Å². The van der Waals surface area contributed by atoms with Crippen molar-refractivity contribution in [1.29, 1.82) is 0 Å². The molecule has 0 heterocycles. The first kappa shape index (κ1) is 19.6. The number of rotatable bonds is 3. The predicted molar refractivity (Wildman–Crippen MR) is 143 cm³/mol. The van der Waals surface area contributed by atoms with Crippen molar-refractivity contribution >= 4 is 17.2 Å². The summed E-state index contributed by atoms with van der Waals surface area (Å²) < 4.78 is 0. The highest BCUT2D eigenvalue weighted by molar-refractivity contribution is 5.86. The maximum atomic E-state index is 2.48. The molecule has 0 saturated heterocycles. The lowest BCUT2D eigenvalue weighted by molar-refractivity contribution is 0.752. The molecule has 7 rings (SSSR count). The van der Waals surface area contributed by atoms with E-state index in [1.807, 2.05) is 0 Å². The Balaban J connectivity index is 1.63. The van der Waals surface area contributed by atoms with Crippen molar-refractivity contribution in [2.45, 2.75) is 25.7 Å². The molecule has 0 heteroatoms. The van der Waals surface area contributed by atoms with Crippen molar-refractivity contribution in [3.05, 3.63) is 135 Å². The van der Waals surface area contributed by atoms with Crippen molar-refractivity contribution in [2.75, 3.05) is 0 Å². The monoisotopic (exact) mass is 434 g/mol. The minimum absolute atomic E-state index is 1.02. The van der Waals surface area contributed by atoms with Gasteiger partial charge in [0.25, 0.3) is 0 Å². The zero-order valence-electron chi connectivity index (χ0n) is 19.2. The third-order valence-corrected chi connectivity index (χ3v) is 7.61. The summed E-state index contributed by atoms with van der Waals surface area (Å²) in [6, 6.07) is 31.2. The first-order valence-electron chi connectivity index (χ1n) is 12.4. The van der Waals surface area contributed by atoms with Gasteiger partial charge in [0.15, 0.2) is 0 Å². The van der Waals surface area contributed by atoms with Crippen molar-refractivity contribution in [3.8, 4) is 22.3 Å². The molecule has 0 bridgehead atoms. The lowest BCUT2D eigenvalue weighted by Crippen LogP contribution is -2.21. The van der Waals surface area contributed by atoms with Crippen molar-refractivity contribution in [2.24, 2.45) is 0 Å². The molecule has 0 unspecified atom stereocenters. The fraction of sp³-hybridized carbons (Fsp3) is 0.118. The first-order valence-corrected chi connectivity index (χ1v) is 12.4. The zero-order chi connectivity index (χ0) is 22.5. The standard InChI is InChI=1S/C34H26/c1-3-10-23(11-4-1)27-18-19-28-21-32-31(29(28)20-27)22-30(24-12-5-2-6-13-24)33(26-16-9-17-26)34(32)25-14-7-8-15-25/h1-8,10-14,18-22H,9,15-17H2. The highest BCUT2D eigenvalue weighted by Gasteiger charge is 2.22. The highest BCUT2D eigenvalue weighted by Crippen LogP contribution is 2.34. The van der Waals surface area contributed by atoms with Crippen LogP contribution in [0.4, 0.5) is 0 Å². The zero-order valence-corrected chi connectivity index (χ0v) is 19.2. The van der Waals surface area contributed by atoms with E-state index in [4.69, 9.17) is 0 Å². The summed E-state index contributed by atoms with van der Waals surface area (Å²) in [7, 11) is 0. The lowest BCUT2D eigenvalue weighted by Gasteiger charge is -2.22. The van der Waals surface area contributed by atoms with E-state index in [0.717, 1.165) is 6.42 Å². The molecule has 0 atom stereocenters. The summed E-state index contributed by atoms with van der Waals surface area (Å²) >= 11 is 0. The maximum Gasteiger partial charge on any atom is -0.00639 e. The van der Waals surface area contributed by atoms with Gasteiger partial charge in [0, 0.05) is 0 Å². The molecule has 0 radical (unpaired) electrons. The Morgan fingerprint density at radius 1 is 0.647 bits per heavy atom. The van der Waals surface area contributed by atoms with Crippen LogP contribution in [0.3, 0.4) is 0 Å². The second-order valence-electron chi connectivity index (χ2n) is 9.60. The van der Waals surface area contributed by atoms with Gasteiger partial charge in [-0.15, -0.1) is 0 Å². The van der Waals surface area contributed by atoms with Crippen LogP contribution >= 0.6 is 0 Å². The van der Waals surface area contributed by atoms with Crippen LogP contribution in [0.15, 0.2) is 103 Å². The molecule has 0 nitrogen and oxygen atoms in total. The lowest BCUT2D eigenvalue weighted by atomic mass is 9.82. The van der Waals surface area contributed by atoms with Crippen LogP contribution in [0.5, 0.6) is 0 Å². The van der Waals surface area contributed by atoms with E-state index >= 15 is 0 Å². The van der Waals surface area contributed by atoms with E-state index in [2.05, 4.69) is 109 Å². The van der Waals surface area contributed by atoms with Gasteiger partial charge >= 0.3 is 0 Å². The van der Waals surface area contributed by atoms with Gasteiger partial charge in [-0.25, -0.2) is 0 Å². The molecule has 0 aliphatic heterocycles. The SMILES string of the molecule is C1=CCC(c2c3c(cc(-c4ccccc4)c2=C2CCC2)=c2cc(-c4ccccc4)ccc2=C3)=C1. The number of fused-ring (bicyclic) bond motifs is 2. The highest BCUT2D eigenvalue weighted by atomic mass is 14.3. The molecular formula is C34H26. The summed E-state index contributed by atoms with van der Waals surface area (Å²) in [6.07, 6.45) is 14.1. The number of benzene rings is 4. The molecule has 0 spiro atoms. The van der Waals surface area contributed by atoms with Crippen LogP contribution in [0.2, 0.25) is 0 Å². The Labute approximate surface area is 200 Å². The smallest absolute Gasteiger partial charge is 0.00639 e. The number of allylic oxidation sites excluding steroid dienone is 4. The average Bonchev–Trinajstić information content (AvgIpc) is 3.51. The van der Waals surface area contributed by atoms with E-state index < -0.39 is 0 Å². The van der Waals surface area contributed by atoms with Gasteiger partial charge in [-0.2, -0.15) is 0 Å². The van der Waals surface area contributed by atoms with Crippen LogP contribution in [-0.2, 0) is 0 Å². The van der Waals surface area contributed by atoms with E-state index in [1.165, 1.54) is 79.1 Å². The van der Waals surface area contributed by atoms with Gasteiger partial charge in [-0.3, -0.25) is 0 Å². The molecule has 0 N–H and O–H groups in total. The summed E-state index contributed by atoms with van der Waals surface area (Å²) in [5.74, 6) is 0. The summed E-state index contributed by atoms with van der Waals surface area (Å²) in [5.41, 5.74) is 11.2. The van der Waals surface area contributed by atoms with E-state index in [9.17, 15) is 0 Å². The van der Waals surface area contributed by atoms with Crippen molar-refractivity contribution in [3.63, 3.8) is 0 Å². The van der Waals surface area contributed by atoms with Crippen LogP contribution in [0.25, 0.3) is 39.5 Å². The molecule has 4 aromatic carbocycles.